The minimum atomic E-state index is -1.12. The van der Waals surface area contributed by atoms with E-state index in [9.17, 15) is 9.59 Å². The van der Waals surface area contributed by atoms with Gasteiger partial charge in [-0.1, -0.05) is 43.9 Å². The van der Waals surface area contributed by atoms with Gasteiger partial charge >= 0.3 is 11.4 Å². The van der Waals surface area contributed by atoms with Gasteiger partial charge < -0.3 is 4.74 Å². The largest absolute Gasteiger partial charge is 0.370 e. The molecule has 0 aliphatic carbocycles. The van der Waals surface area contributed by atoms with E-state index in [0.717, 1.165) is 39.7 Å². The highest BCUT2D eigenvalue weighted by molar-refractivity contribution is 6.76. The molecule has 0 saturated carbocycles. The first kappa shape index (κ1) is 27.0. The lowest BCUT2D eigenvalue weighted by Crippen LogP contribution is -2.27. The lowest BCUT2D eigenvalue weighted by atomic mass is 10.1. The quantitative estimate of drug-likeness (QED) is 0.299. The normalized spacial score (nSPS) is 11.3. The summed E-state index contributed by atoms with van der Waals surface area (Å²) >= 11 is 0. The van der Waals surface area contributed by atoms with E-state index in [4.69, 9.17) is 4.74 Å². The third-order valence-electron chi connectivity index (χ3n) is 5.51. The molecule has 11 nitrogen and oxygen atoms in total. The second-order valence-electron chi connectivity index (χ2n) is 10.0. The Labute approximate surface area is 210 Å². The van der Waals surface area contributed by atoms with Crippen LogP contribution in [0.2, 0.25) is 25.7 Å². The maximum Gasteiger partial charge on any atom is 0.370 e. The number of rotatable bonds is 7. The van der Waals surface area contributed by atoms with Gasteiger partial charge in [0.25, 0.3) is 0 Å². The summed E-state index contributed by atoms with van der Waals surface area (Å²) in [6.07, 6.45) is 0. The van der Waals surface area contributed by atoms with E-state index < -0.39 is 8.07 Å². The molecule has 0 saturated heterocycles. The Morgan fingerprint density at radius 1 is 0.833 bits per heavy atom. The van der Waals surface area contributed by atoms with Crippen molar-refractivity contribution in [1.29, 1.82) is 0 Å². The molecule has 0 unspecified atom stereocenters. The van der Waals surface area contributed by atoms with Crippen LogP contribution in [0.25, 0.3) is 11.4 Å². The Morgan fingerprint density at radius 2 is 1.42 bits per heavy atom. The molecule has 0 aliphatic heterocycles. The van der Waals surface area contributed by atoms with Gasteiger partial charge in [-0.2, -0.15) is 14.0 Å². The number of hydrogen-bond donors (Lipinski definition) is 1. The van der Waals surface area contributed by atoms with Gasteiger partial charge in [-0.25, -0.2) is 14.7 Å². The van der Waals surface area contributed by atoms with Crippen LogP contribution in [0.5, 0.6) is 0 Å². The van der Waals surface area contributed by atoms with Gasteiger partial charge in [0, 0.05) is 14.7 Å². The van der Waals surface area contributed by atoms with Crippen LogP contribution >= 0.6 is 0 Å². The molecule has 0 atom stereocenters. The van der Waals surface area contributed by atoms with Crippen molar-refractivity contribution < 1.29 is 4.74 Å². The molecule has 1 N–H and O–H groups in total. The van der Waals surface area contributed by atoms with E-state index in [-0.39, 0.29) is 18.1 Å². The zero-order chi connectivity index (χ0) is 26.5. The lowest BCUT2D eigenvalue weighted by Gasteiger charge is -2.14. The van der Waals surface area contributed by atoms with Crippen LogP contribution in [0.4, 0.5) is 0 Å². The SMILES string of the molecule is Cc1ccc(C)c(-n2nn[nH]c2=O)c1.Cc1ccc(C)c(-n2nnn(COCC[Si](C)(C)C)c2=O)c1. The second-order valence-corrected chi connectivity index (χ2v) is 15.6. The predicted molar refractivity (Wildman–Crippen MR) is 141 cm³/mol. The summed E-state index contributed by atoms with van der Waals surface area (Å²) in [5.74, 6) is 0. The van der Waals surface area contributed by atoms with Crippen LogP contribution in [0, 0.1) is 27.7 Å². The number of nitrogens with one attached hydrogen (secondary N) is 1. The van der Waals surface area contributed by atoms with Crippen molar-refractivity contribution in [2.24, 2.45) is 0 Å². The Hall–Kier alpha value is -3.64. The number of H-pyrrole nitrogens is 1. The molecule has 2 aromatic heterocycles. The van der Waals surface area contributed by atoms with Gasteiger partial charge in [-0.05, 0) is 89.0 Å². The minimum Gasteiger partial charge on any atom is -0.359 e. The average molecular weight is 511 g/mol. The molecular formula is C24H34N8O3Si. The molecule has 0 radical (unpaired) electrons. The summed E-state index contributed by atoms with van der Waals surface area (Å²) in [5.41, 5.74) is 5.07. The van der Waals surface area contributed by atoms with Gasteiger partial charge in [-0.3, -0.25) is 0 Å². The first-order valence-corrected chi connectivity index (χ1v) is 15.4. The summed E-state index contributed by atoms with van der Waals surface area (Å²) in [6, 6.07) is 12.8. The van der Waals surface area contributed by atoms with Crippen LogP contribution in [-0.2, 0) is 11.5 Å². The Morgan fingerprint density at radius 3 is 1.94 bits per heavy atom. The first-order valence-electron chi connectivity index (χ1n) is 11.7. The highest BCUT2D eigenvalue weighted by Gasteiger charge is 2.14. The highest BCUT2D eigenvalue weighted by Crippen LogP contribution is 2.13. The van der Waals surface area contributed by atoms with Crippen LogP contribution in [0.3, 0.4) is 0 Å². The summed E-state index contributed by atoms with van der Waals surface area (Å²) < 4.78 is 9.39. The Kier molecular flexibility index (Phi) is 8.53. The molecule has 192 valence electrons. The maximum atomic E-state index is 12.4. The highest BCUT2D eigenvalue weighted by atomic mass is 28.3. The van der Waals surface area contributed by atoms with Crippen molar-refractivity contribution in [2.75, 3.05) is 6.61 Å². The smallest absolute Gasteiger partial charge is 0.359 e. The van der Waals surface area contributed by atoms with Crippen molar-refractivity contribution in [3.8, 4) is 11.4 Å². The van der Waals surface area contributed by atoms with E-state index >= 15 is 0 Å². The lowest BCUT2D eigenvalue weighted by molar-refractivity contribution is 0.0748. The fourth-order valence-corrected chi connectivity index (χ4v) is 4.04. The standard InChI is InChI=1S/C15H24N4O2Si.C9H10N4O/c1-12-6-7-13(2)14(10-12)19-15(20)18(16-17-19)11-21-8-9-22(3,4)5;1-6-3-4-7(2)8(5-6)13-9(14)10-11-12-13/h6-7,10H,8-9,11H2,1-5H3;3-5H,1-2H3,(H,10,12,14). The summed E-state index contributed by atoms with van der Waals surface area (Å²) in [5, 5.41) is 17.3. The fraction of sp³-hybridized carbons (Fsp3) is 0.417. The molecule has 0 spiro atoms. The predicted octanol–water partition coefficient (Wildman–Crippen LogP) is 2.93. The average Bonchev–Trinajstić information content (AvgIpc) is 3.40. The van der Waals surface area contributed by atoms with Crippen LogP contribution in [0.1, 0.15) is 22.3 Å². The molecular weight excluding hydrogens is 476 g/mol. The number of tetrazole rings is 2. The fourth-order valence-electron chi connectivity index (χ4n) is 3.29. The number of hydrogen-bond acceptors (Lipinski definition) is 7. The van der Waals surface area contributed by atoms with Gasteiger partial charge in [-0.15, -0.1) is 0 Å². The third kappa shape index (κ3) is 6.95. The van der Waals surface area contributed by atoms with Crippen LogP contribution in [0.15, 0.2) is 46.0 Å². The number of aryl methyl sites for hydroxylation is 4. The molecule has 12 heteroatoms. The first-order chi connectivity index (χ1) is 17.0. The van der Waals surface area contributed by atoms with Crippen LogP contribution < -0.4 is 11.4 Å². The molecule has 4 aromatic rings. The van der Waals surface area contributed by atoms with Crippen molar-refractivity contribution in [2.45, 2.75) is 60.1 Å². The zero-order valence-corrected chi connectivity index (χ0v) is 22.9. The Balaban J connectivity index is 0.000000221. The molecule has 0 amide bonds. The molecule has 0 fully saturated rings. The van der Waals surface area contributed by atoms with Crippen molar-refractivity contribution in [3.05, 3.63) is 79.6 Å². The van der Waals surface area contributed by atoms with Crippen molar-refractivity contribution in [1.82, 2.24) is 40.0 Å². The van der Waals surface area contributed by atoms with E-state index in [1.165, 1.54) is 14.0 Å². The second kappa shape index (κ2) is 11.4. The molecule has 36 heavy (non-hydrogen) atoms. The van der Waals surface area contributed by atoms with Gasteiger partial charge in [0.15, 0.2) is 0 Å². The van der Waals surface area contributed by atoms with Crippen LogP contribution in [-0.4, -0.2) is 54.7 Å². The monoisotopic (exact) mass is 510 g/mol. The number of nitrogens with zero attached hydrogens (tertiary/aromatic N) is 7. The number of ether oxygens (including phenoxy) is 1. The topological polar surface area (TPSA) is 126 Å². The van der Waals surface area contributed by atoms with Gasteiger partial charge in [0.05, 0.1) is 11.4 Å². The number of benzene rings is 2. The van der Waals surface area contributed by atoms with E-state index in [1.807, 2.05) is 64.1 Å². The maximum absolute atomic E-state index is 12.4. The number of aromatic amines is 1. The van der Waals surface area contributed by atoms with Gasteiger partial charge in [0.2, 0.25) is 0 Å². The molecule has 4 rings (SSSR count). The number of aromatic nitrogens is 8. The van der Waals surface area contributed by atoms with E-state index in [1.54, 1.807) is 0 Å². The zero-order valence-electron chi connectivity index (χ0n) is 21.9. The van der Waals surface area contributed by atoms with Gasteiger partial charge in [0.1, 0.15) is 6.73 Å². The van der Waals surface area contributed by atoms with Crippen molar-refractivity contribution >= 4 is 8.07 Å². The van der Waals surface area contributed by atoms with Crippen molar-refractivity contribution in [3.63, 3.8) is 0 Å². The van der Waals surface area contributed by atoms with E-state index in [2.05, 4.69) is 45.6 Å². The molecule has 0 bridgehead atoms. The molecule has 2 aromatic carbocycles. The summed E-state index contributed by atoms with van der Waals surface area (Å²) in [4.78, 5) is 23.6. The summed E-state index contributed by atoms with van der Waals surface area (Å²) in [6.45, 7) is 15.5. The molecule has 0 aliphatic rings. The third-order valence-corrected chi connectivity index (χ3v) is 7.21. The Bertz CT molecular complexity index is 1430. The molecule has 2 heterocycles. The minimum absolute atomic E-state index is 0.147. The van der Waals surface area contributed by atoms with E-state index in [0.29, 0.717) is 6.61 Å². The summed E-state index contributed by atoms with van der Waals surface area (Å²) in [7, 11) is -1.12.